The molecule has 0 saturated heterocycles. The molecule has 1 amide bonds. The Hall–Kier alpha value is -2.47. The van der Waals surface area contributed by atoms with Crippen LogP contribution in [-0.4, -0.2) is 72.4 Å². The van der Waals surface area contributed by atoms with Gasteiger partial charge in [-0.05, 0) is 33.4 Å². The van der Waals surface area contributed by atoms with Crippen LogP contribution in [0.15, 0.2) is 35.7 Å². The summed E-state index contributed by atoms with van der Waals surface area (Å²) >= 11 is 0. The van der Waals surface area contributed by atoms with Gasteiger partial charge >= 0.3 is 0 Å². The molecule has 0 fully saturated rings. The van der Waals surface area contributed by atoms with Gasteiger partial charge in [-0.2, -0.15) is 0 Å². The molecule has 1 aliphatic rings. The molecule has 176 valence electrons. The zero-order chi connectivity index (χ0) is 23.7. The molecule has 0 heterocycles. The van der Waals surface area contributed by atoms with Gasteiger partial charge in [0.05, 0.1) is 6.54 Å². The molecule has 0 unspecified atom stereocenters. The number of allylic oxidation sites excluding steroid dienone is 2. The largest absolute Gasteiger partial charge is 0.367 e. The van der Waals surface area contributed by atoms with Crippen LogP contribution in [0, 0.1) is 0 Å². The van der Waals surface area contributed by atoms with Crippen molar-refractivity contribution < 1.29 is 14.4 Å². The van der Waals surface area contributed by atoms with Crippen molar-refractivity contribution in [2.75, 3.05) is 40.3 Å². The number of amides is 1. The summed E-state index contributed by atoms with van der Waals surface area (Å²) in [4.78, 5) is 46.3. The van der Waals surface area contributed by atoms with Crippen LogP contribution in [0.2, 0.25) is 0 Å². The number of hydrogen-bond donors (Lipinski definition) is 0. The molecule has 1 aliphatic carbocycles. The van der Waals surface area contributed by atoms with Crippen LogP contribution in [0.3, 0.4) is 0 Å². The number of likely N-dealkylation sites (N-methyl/N-ethyl adjacent to an activating group) is 1. The highest BCUT2D eigenvalue weighted by molar-refractivity contribution is 6.27. The predicted octanol–water partition coefficient (Wildman–Crippen LogP) is 4.37. The second-order valence-electron chi connectivity index (χ2n) is 8.73. The number of carbonyl (C=O) groups is 3. The van der Waals surface area contributed by atoms with E-state index in [2.05, 4.69) is 25.7 Å². The number of carbonyl (C=O) groups excluding carboxylic acids is 3. The first kappa shape index (κ1) is 25.8. The summed E-state index contributed by atoms with van der Waals surface area (Å²) in [5, 5.41) is 0. The molecule has 0 saturated carbocycles. The summed E-state index contributed by atoms with van der Waals surface area (Å²) in [5.41, 5.74) is 1.49. The summed E-state index contributed by atoms with van der Waals surface area (Å²) in [6.45, 7) is 8.29. The van der Waals surface area contributed by atoms with Crippen molar-refractivity contribution >= 4 is 17.5 Å². The van der Waals surface area contributed by atoms with E-state index < -0.39 is 0 Å². The molecule has 6 nitrogen and oxygen atoms in total. The lowest BCUT2D eigenvalue weighted by Gasteiger charge is -2.36. The number of nitrogens with zero attached hydrogens (tertiary/aromatic N) is 3. The number of fused-ring (bicyclic) bond motifs is 1. The average molecular weight is 442 g/mol. The van der Waals surface area contributed by atoms with E-state index >= 15 is 0 Å². The smallest absolute Gasteiger partial charge is 0.241 e. The van der Waals surface area contributed by atoms with Gasteiger partial charge < -0.3 is 14.7 Å². The molecule has 2 rings (SSSR count). The van der Waals surface area contributed by atoms with Gasteiger partial charge in [-0.15, -0.1) is 0 Å². The number of ketones is 2. The third kappa shape index (κ3) is 6.06. The van der Waals surface area contributed by atoms with Gasteiger partial charge in [0, 0.05) is 30.8 Å². The first-order chi connectivity index (χ1) is 15.4. The fourth-order valence-electron chi connectivity index (χ4n) is 3.96. The molecule has 6 heteroatoms. The minimum Gasteiger partial charge on any atom is -0.367 e. The van der Waals surface area contributed by atoms with E-state index in [0.717, 1.165) is 38.5 Å². The maximum Gasteiger partial charge on any atom is 0.241 e. The molecule has 0 atom stereocenters. The zero-order valence-corrected chi connectivity index (χ0v) is 20.4. The molecular formula is C26H39N3O3. The molecule has 0 aliphatic heterocycles. The normalized spacial score (nSPS) is 13.6. The third-order valence-corrected chi connectivity index (χ3v) is 5.71. The SMILES string of the molecule is CCCCN(CCCC)C1=C(N(CCCC)C(=O)CN(C)C)C(=O)c2ccccc2C1=O. The van der Waals surface area contributed by atoms with Crippen molar-refractivity contribution in [1.29, 1.82) is 0 Å². The van der Waals surface area contributed by atoms with E-state index in [9.17, 15) is 14.4 Å². The van der Waals surface area contributed by atoms with Gasteiger partial charge in [0.25, 0.3) is 0 Å². The van der Waals surface area contributed by atoms with Crippen LogP contribution >= 0.6 is 0 Å². The fraction of sp³-hybridized carbons (Fsp3) is 0.577. The van der Waals surface area contributed by atoms with Crippen LogP contribution in [0.4, 0.5) is 0 Å². The lowest BCUT2D eigenvalue weighted by atomic mass is 9.88. The summed E-state index contributed by atoms with van der Waals surface area (Å²) in [5.74, 6) is -0.527. The molecule has 0 spiro atoms. The Morgan fingerprint density at radius 1 is 0.750 bits per heavy atom. The molecule has 1 aromatic carbocycles. The lowest BCUT2D eigenvalue weighted by Crippen LogP contribution is -2.45. The fourth-order valence-corrected chi connectivity index (χ4v) is 3.96. The lowest BCUT2D eigenvalue weighted by molar-refractivity contribution is -0.129. The molecule has 0 radical (unpaired) electrons. The number of rotatable bonds is 13. The predicted molar refractivity (Wildman–Crippen MR) is 129 cm³/mol. The molecular weight excluding hydrogens is 402 g/mol. The molecule has 1 aromatic rings. The number of Topliss-reactive ketones (excluding diaryl/α,β-unsaturated/α-hetero) is 2. The zero-order valence-electron chi connectivity index (χ0n) is 20.4. The number of hydrogen-bond acceptors (Lipinski definition) is 5. The highest BCUT2D eigenvalue weighted by atomic mass is 16.2. The Labute approximate surface area is 193 Å². The van der Waals surface area contributed by atoms with Crippen LogP contribution in [0.5, 0.6) is 0 Å². The van der Waals surface area contributed by atoms with Gasteiger partial charge in [-0.3, -0.25) is 14.4 Å². The Kier molecular flexibility index (Phi) is 10.1. The van der Waals surface area contributed by atoms with Crippen molar-refractivity contribution in [3.8, 4) is 0 Å². The van der Waals surface area contributed by atoms with Crippen LogP contribution in [-0.2, 0) is 4.79 Å². The van der Waals surface area contributed by atoms with Crippen molar-refractivity contribution in [1.82, 2.24) is 14.7 Å². The highest BCUT2D eigenvalue weighted by Gasteiger charge is 2.39. The van der Waals surface area contributed by atoms with Crippen molar-refractivity contribution in [3.63, 3.8) is 0 Å². The molecule has 0 bridgehead atoms. The monoisotopic (exact) mass is 441 g/mol. The average Bonchev–Trinajstić information content (AvgIpc) is 2.77. The van der Waals surface area contributed by atoms with Gasteiger partial charge in [-0.1, -0.05) is 64.3 Å². The van der Waals surface area contributed by atoms with Gasteiger partial charge in [-0.25, -0.2) is 0 Å². The second-order valence-corrected chi connectivity index (χ2v) is 8.73. The van der Waals surface area contributed by atoms with E-state index in [1.54, 1.807) is 34.1 Å². The molecule has 0 aromatic heterocycles. The van der Waals surface area contributed by atoms with E-state index in [-0.39, 0.29) is 29.7 Å². The molecule has 32 heavy (non-hydrogen) atoms. The van der Waals surface area contributed by atoms with Crippen LogP contribution < -0.4 is 0 Å². The molecule has 0 N–H and O–H groups in total. The van der Waals surface area contributed by atoms with Crippen LogP contribution in [0.1, 0.15) is 80.0 Å². The minimum atomic E-state index is -0.226. The summed E-state index contributed by atoms with van der Waals surface area (Å²) < 4.78 is 0. The second kappa shape index (κ2) is 12.5. The summed E-state index contributed by atoms with van der Waals surface area (Å²) in [6.07, 6.45) is 5.48. The maximum atomic E-state index is 13.8. The van der Waals surface area contributed by atoms with Crippen molar-refractivity contribution in [3.05, 3.63) is 46.8 Å². The minimum absolute atomic E-state index is 0.151. The van der Waals surface area contributed by atoms with Gasteiger partial charge in [0.1, 0.15) is 11.4 Å². The van der Waals surface area contributed by atoms with Crippen LogP contribution in [0.25, 0.3) is 0 Å². The van der Waals surface area contributed by atoms with Crippen molar-refractivity contribution in [2.45, 2.75) is 59.3 Å². The summed E-state index contributed by atoms with van der Waals surface area (Å²) in [6, 6.07) is 6.99. The quantitative estimate of drug-likeness (QED) is 0.455. The standard InChI is InChI=1S/C26H39N3O3/c1-6-9-16-28(17-10-7-2)23-24(29(18-11-8-3)22(30)19-27(4)5)26(32)21-15-13-12-14-20(21)25(23)31/h12-15H,6-11,16-19H2,1-5H3. The van der Waals surface area contributed by atoms with E-state index in [1.807, 2.05) is 14.1 Å². The third-order valence-electron chi connectivity index (χ3n) is 5.71. The van der Waals surface area contributed by atoms with Gasteiger partial charge in [0.2, 0.25) is 17.5 Å². The van der Waals surface area contributed by atoms with E-state index in [1.165, 1.54) is 0 Å². The topological polar surface area (TPSA) is 60.9 Å². The number of benzene rings is 1. The maximum absolute atomic E-state index is 13.8. The Morgan fingerprint density at radius 2 is 1.22 bits per heavy atom. The van der Waals surface area contributed by atoms with E-state index in [0.29, 0.717) is 36.5 Å². The van der Waals surface area contributed by atoms with E-state index in [4.69, 9.17) is 0 Å². The Morgan fingerprint density at radius 3 is 1.69 bits per heavy atom. The first-order valence-electron chi connectivity index (χ1n) is 12.0. The number of unbranched alkanes of at least 4 members (excludes halogenated alkanes) is 3. The van der Waals surface area contributed by atoms with Crippen molar-refractivity contribution in [2.24, 2.45) is 0 Å². The summed E-state index contributed by atoms with van der Waals surface area (Å²) in [7, 11) is 3.67. The Bertz CT molecular complexity index is 836. The Balaban J connectivity index is 2.70. The highest BCUT2D eigenvalue weighted by Crippen LogP contribution is 2.31. The van der Waals surface area contributed by atoms with Gasteiger partial charge in [0.15, 0.2) is 0 Å². The first-order valence-corrected chi connectivity index (χ1v) is 12.0.